The van der Waals surface area contributed by atoms with Crippen LogP contribution in [0.3, 0.4) is 0 Å². The molecule has 3 aliphatic rings. The lowest BCUT2D eigenvalue weighted by Crippen LogP contribution is -2.40. The average molecular weight is 579 g/mol. The standard InChI is InChI=1S/C31H43FN8O2/c32-25-6-2-3-7-26(25)36-31-37-27-20-34-30(35-22-10-14-24(41)15-11-22)38-28(27)40(31)23-12-8-21(9-13-23)29(42)33-16-19-39-17-4-1-5-18-39/h2-3,6-7,20-24,41H,1,4-5,8-19H2,(H,33,42)(H,36,37)(H,34,35,38). The van der Waals surface area contributed by atoms with Gasteiger partial charge in [-0.3, -0.25) is 9.36 Å². The average Bonchev–Trinajstić information content (AvgIpc) is 3.37. The summed E-state index contributed by atoms with van der Waals surface area (Å²) in [6.07, 6.45) is 11.7. The van der Waals surface area contributed by atoms with E-state index in [4.69, 9.17) is 9.97 Å². The van der Waals surface area contributed by atoms with E-state index in [-0.39, 0.29) is 35.8 Å². The van der Waals surface area contributed by atoms with Crippen LogP contribution >= 0.6 is 0 Å². The molecule has 0 bridgehead atoms. The summed E-state index contributed by atoms with van der Waals surface area (Å²) in [5.41, 5.74) is 1.68. The highest BCUT2D eigenvalue weighted by atomic mass is 19.1. The first-order chi connectivity index (χ1) is 20.5. The van der Waals surface area contributed by atoms with Crippen molar-refractivity contribution in [1.29, 1.82) is 0 Å². The van der Waals surface area contributed by atoms with Crippen molar-refractivity contribution in [2.75, 3.05) is 36.8 Å². The van der Waals surface area contributed by atoms with E-state index in [0.29, 0.717) is 35.3 Å². The maximum absolute atomic E-state index is 14.6. The highest BCUT2D eigenvalue weighted by molar-refractivity contribution is 5.79. The van der Waals surface area contributed by atoms with E-state index in [1.165, 1.54) is 25.3 Å². The number of anilines is 3. The molecule has 1 amide bonds. The number of carbonyl (C=O) groups excluding carboxylic acids is 1. The van der Waals surface area contributed by atoms with Crippen molar-refractivity contribution < 1.29 is 14.3 Å². The van der Waals surface area contributed by atoms with E-state index in [9.17, 15) is 14.3 Å². The molecule has 1 saturated heterocycles. The Labute approximate surface area is 246 Å². The molecule has 0 unspecified atom stereocenters. The van der Waals surface area contributed by atoms with Gasteiger partial charge < -0.3 is 26.0 Å². The number of imidazole rings is 1. The summed E-state index contributed by atoms with van der Waals surface area (Å²) in [5.74, 6) is 0.848. The lowest BCUT2D eigenvalue weighted by molar-refractivity contribution is -0.126. The van der Waals surface area contributed by atoms with Gasteiger partial charge in [0.05, 0.1) is 18.0 Å². The summed E-state index contributed by atoms with van der Waals surface area (Å²) in [6, 6.07) is 6.84. The number of aliphatic hydroxyl groups excluding tert-OH is 1. The molecule has 2 aromatic heterocycles. The molecule has 0 spiro atoms. The quantitative estimate of drug-likeness (QED) is 0.287. The van der Waals surface area contributed by atoms with Gasteiger partial charge in [-0.25, -0.2) is 14.4 Å². The molecule has 2 aliphatic carbocycles. The van der Waals surface area contributed by atoms with Crippen molar-refractivity contribution in [2.24, 2.45) is 5.92 Å². The second-order valence-corrected chi connectivity index (χ2v) is 12.2. The first-order valence-corrected chi connectivity index (χ1v) is 15.7. The molecule has 1 aromatic carbocycles. The molecule has 3 aromatic rings. The Morgan fingerprint density at radius 1 is 0.976 bits per heavy atom. The number of amides is 1. The summed E-state index contributed by atoms with van der Waals surface area (Å²) in [4.78, 5) is 29.6. The van der Waals surface area contributed by atoms with Gasteiger partial charge in [-0.15, -0.1) is 0 Å². The number of fused-ring (bicyclic) bond motifs is 1. The fraction of sp³-hybridized carbons (Fsp3) is 0.613. The van der Waals surface area contributed by atoms with Crippen LogP contribution in [-0.2, 0) is 4.79 Å². The summed E-state index contributed by atoms with van der Waals surface area (Å²) >= 11 is 0. The number of hydrogen-bond acceptors (Lipinski definition) is 8. The van der Waals surface area contributed by atoms with Crippen LogP contribution in [0.1, 0.15) is 76.7 Å². The molecule has 42 heavy (non-hydrogen) atoms. The van der Waals surface area contributed by atoms with Crippen LogP contribution in [0.4, 0.5) is 22.0 Å². The Balaban J connectivity index is 1.17. The van der Waals surface area contributed by atoms with E-state index in [1.54, 1.807) is 24.4 Å². The third kappa shape index (κ3) is 6.83. The molecule has 6 rings (SSSR count). The van der Waals surface area contributed by atoms with Gasteiger partial charge in [0, 0.05) is 31.1 Å². The molecule has 1 aliphatic heterocycles. The Bertz CT molecular complexity index is 1340. The maximum atomic E-state index is 14.6. The number of nitrogens with one attached hydrogen (secondary N) is 3. The molecule has 10 nitrogen and oxygen atoms in total. The van der Waals surface area contributed by atoms with Crippen molar-refractivity contribution in [2.45, 2.75) is 88.8 Å². The number of rotatable bonds is 9. The summed E-state index contributed by atoms with van der Waals surface area (Å²) in [5, 5.41) is 19.7. The van der Waals surface area contributed by atoms with Gasteiger partial charge in [-0.05, 0) is 89.4 Å². The zero-order chi connectivity index (χ0) is 28.9. The van der Waals surface area contributed by atoms with Gasteiger partial charge in [0.15, 0.2) is 5.65 Å². The van der Waals surface area contributed by atoms with Gasteiger partial charge >= 0.3 is 0 Å². The first-order valence-electron chi connectivity index (χ1n) is 15.7. The number of piperidine rings is 1. The third-order valence-electron chi connectivity index (χ3n) is 9.19. The van der Waals surface area contributed by atoms with Crippen LogP contribution in [0, 0.1) is 11.7 Å². The number of benzene rings is 1. The first kappa shape index (κ1) is 28.8. The number of aliphatic hydroxyl groups is 1. The predicted octanol–water partition coefficient (Wildman–Crippen LogP) is 4.76. The van der Waals surface area contributed by atoms with Crippen molar-refractivity contribution >= 4 is 34.7 Å². The zero-order valence-corrected chi connectivity index (χ0v) is 24.3. The molecular formula is C31H43FN8O2. The second-order valence-electron chi connectivity index (χ2n) is 12.2. The minimum atomic E-state index is -0.353. The Morgan fingerprint density at radius 3 is 2.50 bits per heavy atom. The monoisotopic (exact) mass is 578 g/mol. The molecule has 2 saturated carbocycles. The molecule has 226 valence electrons. The molecule has 4 N–H and O–H groups in total. The van der Waals surface area contributed by atoms with Crippen LogP contribution in [0.15, 0.2) is 30.5 Å². The van der Waals surface area contributed by atoms with Crippen molar-refractivity contribution in [3.05, 3.63) is 36.3 Å². The van der Waals surface area contributed by atoms with Crippen LogP contribution < -0.4 is 16.0 Å². The highest BCUT2D eigenvalue weighted by Crippen LogP contribution is 2.37. The number of carbonyl (C=O) groups is 1. The van der Waals surface area contributed by atoms with E-state index >= 15 is 0 Å². The van der Waals surface area contributed by atoms with Gasteiger partial charge in [-0.1, -0.05) is 18.6 Å². The molecular weight excluding hydrogens is 535 g/mol. The maximum Gasteiger partial charge on any atom is 0.224 e. The number of nitrogens with zero attached hydrogens (tertiary/aromatic N) is 5. The number of hydrogen-bond donors (Lipinski definition) is 4. The number of aromatic nitrogens is 4. The van der Waals surface area contributed by atoms with Crippen molar-refractivity contribution in [3.63, 3.8) is 0 Å². The van der Waals surface area contributed by atoms with Gasteiger partial charge in [-0.2, -0.15) is 4.98 Å². The van der Waals surface area contributed by atoms with E-state index in [1.807, 2.05) is 0 Å². The number of halogens is 1. The molecule has 0 atom stereocenters. The Morgan fingerprint density at radius 2 is 1.74 bits per heavy atom. The number of likely N-dealkylation sites (tertiary alicyclic amines) is 1. The molecule has 0 radical (unpaired) electrons. The minimum Gasteiger partial charge on any atom is -0.393 e. The Kier molecular flexibility index (Phi) is 9.14. The fourth-order valence-corrected chi connectivity index (χ4v) is 6.74. The van der Waals surface area contributed by atoms with E-state index in [2.05, 4.69) is 30.4 Å². The zero-order valence-electron chi connectivity index (χ0n) is 24.3. The van der Waals surface area contributed by atoms with Crippen molar-refractivity contribution in [3.8, 4) is 0 Å². The highest BCUT2D eigenvalue weighted by Gasteiger charge is 2.30. The van der Waals surface area contributed by atoms with E-state index < -0.39 is 0 Å². The van der Waals surface area contributed by atoms with E-state index in [0.717, 1.165) is 71.0 Å². The molecule has 3 fully saturated rings. The Hall–Kier alpha value is -3.31. The lowest BCUT2D eigenvalue weighted by Gasteiger charge is -2.30. The van der Waals surface area contributed by atoms with Crippen molar-refractivity contribution in [1.82, 2.24) is 29.7 Å². The summed E-state index contributed by atoms with van der Waals surface area (Å²) < 4.78 is 16.7. The molecule has 11 heteroatoms. The number of para-hydroxylation sites is 1. The van der Waals surface area contributed by atoms with Gasteiger partial charge in [0.25, 0.3) is 0 Å². The summed E-state index contributed by atoms with van der Waals surface area (Å²) in [6.45, 7) is 3.89. The van der Waals surface area contributed by atoms with Gasteiger partial charge in [0.2, 0.25) is 17.8 Å². The predicted molar refractivity (Wildman–Crippen MR) is 161 cm³/mol. The van der Waals surface area contributed by atoms with Crippen LogP contribution in [-0.4, -0.2) is 73.8 Å². The molecule has 3 heterocycles. The topological polar surface area (TPSA) is 120 Å². The van der Waals surface area contributed by atoms with Crippen LogP contribution in [0.2, 0.25) is 0 Å². The van der Waals surface area contributed by atoms with Gasteiger partial charge in [0.1, 0.15) is 11.3 Å². The van der Waals surface area contributed by atoms with Crippen LogP contribution in [0.25, 0.3) is 11.2 Å². The third-order valence-corrected chi connectivity index (χ3v) is 9.19. The fourth-order valence-electron chi connectivity index (χ4n) is 6.74. The summed E-state index contributed by atoms with van der Waals surface area (Å²) in [7, 11) is 0. The second kappa shape index (κ2) is 13.3. The van der Waals surface area contributed by atoms with Crippen LogP contribution in [0.5, 0.6) is 0 Å². The minimum absolute atomic E-state index is 0.00567. The lowest BCUT2D eigenvalue weighted by atomic mass is 9.85. The normalized spacial score (nSPS) is 25.3. The SMILES string of the molecule is O=C(NCCN1CCCCC1)C1CCC(n2c(Nc3ccccc3F)nc3cnc(NC4CCC(O)CC4)nc32)CC1. The smallest absolute Gasteiger partial charge is 0.224 e. The largest absolute Gasteiger partial charge is 0.393 e.